The van der Waals surface area contributed by atoms with Crippen molar-refractivity contribution in [3.05, 3.63) is 89.1 Å². The summed E-state index contributed by atoms with van der Waals surface area (Å²) in [5.41, 5.74) is 2.01. The lowest BCUT2D eigenvalue weighted by Crippen LogP contribution is -2.55. The van der Waals surface area contributed by atoms with Crippen LogP contribution in [0.3, 0.4) is 0 Å². The van der Waals surface area contributed by atoms with Gasteiger partial charge in [0, 0.05) is 58.1 Å². The molecule has 1 fully saturated rings. The summed E-state index contributed by atoms with van der Waals surface area (Å²) in [7, 11) is 4.89. The molecule has 3 N–H and O–H groups in total. The summed E-state index contributed by atoms with van der Waals surface area (Å²) < 4.78 is 42.5. The van der Waals surface area contributed by atoms with Gasteiger partial charge in [0.15, 0.2) is 0 Å². The van der Waals surface area contributed by atoms with E-state index in [0.717, 1.165) is 16.7 Å². The van der Waals surface area contributed by atoms with Crippen LogP contribution in [-0.4, -0.2) is 90.4 Å². The van der Waals surface area contributed by atoms with Gasteiger partial charge in [-0.15, -0.1) is 0 Å². The van der Waals surface area contributed by atoms with Gasteiger partial charge in [0.1, 0.15) is 12.4 Å². The number of likely N-dealkylation sites (tertiary alicyclic amines) is 1. The number of benzene rings is 2. The Morgan fingerprint density at radius 2 is 1.61 bits per heavy atom. The number of rotatable bonds is 11. The number of fused-ring (bicyclic) bond motifs is 1. The van der Waals surface area contributed by atoms with E-state index < -0.39 is 36.4 Å². The number of amides is 5. The molecular formula is C37H44F3N7O4. The highest BCUT2D eigenvalue weighted by atomic mass is 19.4. The number of carbonyl (C=O) groups is 4. The lowest BCUT2D eigenvalue weighted by Gasteiger charge is -2.44. The molecule has 5 rings (SSSR count). The SMILES string of the molecule is CNCc1ccccc1CN(CC(=O)Nc1ccc2c(c1)C[C@H](C(=O)Nc1ccccn1)C2)C(=O)C1(CC(F)(F)F)CCN(C(=O)N(C)C)CC1. The minimum atomic E-state index is -4.65. The molecule has 2 aromatic carbocycles. The van der Waals surface area contributed by atoms with E-state index in [1.807, 2.05) is 18.2 Å². The maximum Gasteiger partial charge on any atom is 0.390 e. The number of aromatic nitrogens is 1. The smallest absolute Gasteiger partial charge is 0.331 e. The van der Waals surface area contributed by atoms with Crippen molar-refractivity contribution in [1.29, 1.82) is 0 Å². The number of urea groups is 1. The zero-order valence-corrected chi connectivity index (χ0v) is 29.1. The third-order valence-corrected chi connectivity index (χ3v) is 9.54. The Hall–Kier alpha value is -4.98. The van der Waals surface area contributed by atoms with Gasteiger partial charge in [-0.05, 0) is 79.3 Å². The minimum absolute atomic E-state index is 0.0226. The van der Waals surface area contributed by atoms with Crippen LogP contribution in [0.2, 0.25) is 0 Å². The fraction of sp³-hybridized carbons (Fsp3) is 0.432. The first-order chi connectivity index (χ1) is 24.3. The molecule has 1 aliphatic heterocycles. The Bertz CT molecular complexity index is 1730. The average molecular weight is 708 g/mol. The van der Waals surface area contributed by atoms with Crippen molar-refractivity contribution in [1.82, 2.24) is 25.0 Å². The quantitative estimate of drug-likeness (QED) is 0.262. The molecule has 1 atom stereocenters. The zero-order chi connectivity index (χ0) is 36.8. The minimum Gasteiger partial charge on any atom is -0.331 e. The summed E-state index contributed by atoms with van der Waals surface area (Å²) in [5, 5.41) is 8.73. The predicted octanol–water partition coefficient (Wildman–Crippen LogP) is 4.84. The summed E-state index contributed by atoms with van der Waals surface area (Å²) in [5.74, 6) is -1.36. The fourth-order valence-corrected chi connectivity index (χ4v) is 6.99. The van der Waals surface area contributed by atoms with Crippen LogP contribution in [0.4, 0.5) is 29.5 Å². The van der Waals surface area contributed by atoms with Gasteiger partial charge >= 0.3 is 12.2 Å². The van der Waals surface area contributed by atoms with Gasteiger partial charge in [0.05, 0.1) is 11.8 Å². The van der Waals surface area contributed by atoms with E-state index >= 15 is 0 Å². The normalized spacial score (nSPS) is 16.6. The molecule has 272 valence electrons. The molecule has 51 heavy (non-hydrogen) atoms. The number of nitrogens with zero attached hydrogens (tertiary/aromatic N) is 4. The molecule has 11 nitrogen and oxygen atoms in total. The number of piperidine rings is 1. The highest BCUT2D eigenvalue weighted by Crippen LogP contribution is 2.44. The number of alkyl halides is 3. The molecule has 2 aliphatic rings. The lowest BCUT2D eigenvalue weighted by molar-refractivity contribution is -0.180. The molecule has 2 heterocycles. The lowest BCUT2D eigenvalue weighted by atomic mass is 9.74. The van der Waals surface area contributed by atoms with Crippen LogP contribution in [0.5, 0.6) is 0 Å². The largest absolute Gasteiger partial charge is 0.390 e. The molecule has 0 saturated carbocycles. The highest BCUT2D eigenvalue weighted by Gasteiger charge is 2.51. The van der Waals surface area contributed by atoms with E-state index in [2.05, 4.69) is 20.9 Å². The Labute approximate surface area is 295 Å². The summed E-state index contributed by atoms with van der Waals surface area (Å²) >= 11 is 0. The van der Waals surface area contributed by atoms with Crippen molar-refractivity contribution in [3.63, 3.8) is 0 Å². The first kappa shape index (κ1) is 37.3. The first-order valence-corrected chi connectivity index (χ1v) is 16.9. The molecule has 0 radical (unpaired) electrons. The monoisotopic (exact) mass is 707 g/mol. The van der Waals surface area contributed by atoms with Crippen LogP contribution in [0.1, 0.15) is 41.5 Å². The van der Waals surface area contributed by atoms with E-state index in [1.54, 1.807) is 69.8 Å². The molecule has 0 unspecified atom stereocenters. The van der Waals surface area contributed by atoms with E-state index in [4.69, 9.17) is 0 Å². The van der Waals surface area contributed by atoms with Crippen LogP contribution in [0.15, 0.2) is 66.9 Å². The number of carbonyl (C=O) groups excluding carboxylic acids is 4. The highest BCUT2D eigenvalue weighted by molar-refractivity contribution is 5.96. The van der Waals surface area contributed by atoms with Crippen LogP contribution < -0.4 is 16.0 Å². The topological polar surface area (TPSA) is 127 Å². The Morgan fingerprint density at radius 3 is 2.25 bits per heavy atom. The second-order valence-electron chi connectivity index (χ2n) is 13.5. The van der Waals surface area contributed by atoms with Crippen LogP contribution >= 0.6 is 0 Å². The molecule has 1 aliphatic carbocycles. The summed E-state index contributed by atoms with van der Waals surface area (Å²) in [6.45, 7) is -0.160. The Kier molecular flexibility index (Phi) is 11.6. The van der Waals surface area contributed by atoms with Crippen LogP contribution in [-0.2, 0) is 40.3 Å². The number of halogens is 3. The number of anilines is 2. The molecule has 1 saturated heterocycles. The van der Waals surface area contributed by atoms with Crippen LogP contribution in [0, 0.1) is 11.3 Å². The Balaban J connectivity index is 1.35. The maximum absolute atomic E-state index is 14.4. The molecular weight excluding hydrogens is 663 g/mol. The average Bonchev–Trinajstić information content (AvgIpc) is 3.52. The summed E-state index contributed by atoms with van der Waals surface area (Å²) in [6, 6.07) is 17.5. The van der Waals surface area contributed by atoms with E-state index in [-0.39, 0.29) is 50.3 Å². The Morgan fingerprint density at radius 1 is 0.922 bits per heavy atom. The fourth-order valence-electron chi connectivity index (χ4n) is 6.99. The van der Waals surface area contributed by atoms with Gasteiger partial charge in [0.25, 0.3) is 0 Å². The summed E-state index contributed by atoms with van der Waals surface area (Å²) in [4.78, 5) is 61.7. The summed E-state index contributed by atoms with van der Waals surface area (Å²) in [6.07, 6.45) is -3.83. The second-order valence-corrected chi connectivity index (χ2v) is 13.5. The number of hydrogen-bond acceptors (Lipinski definition) is 6. The van der Waals surface area contributed by atoms with Crippen molar-refractivity contribution in [2.24, 2.45) is 11.3 Å². The third kappa shape index (κ3) is 9.43. The van der Waals surface area contributed by atoms with Crippen LogP contribution in [0.25, 0.3) is 0 Å². The van der Waals surface area contributed by atoms with Gasteiger partial charge in [-0.3, -0.25) is 14.4 Å². The van der Waals surface area contributed by atoms with E-state index in [1.165, 1.54) is 14.7 Å². The van der Waals surface area contributed by atoms with Gasteiger partial charge < -0.3 is 30.7 Å². The molecule has 0 spiro atoms. The molecule has 14 heteroatoms. The van der Waals surface area contributed by atoms with E-state index in [9.17, 15) is 32.3 Å². The maximum atomic E-state index is 14.4. The number of hydrogen-bond donors (Lipinski definition) is 3. The van der Waals surface area contributed by atoms with Crippen molar-refractivity contribution < 1.29 is 32.3 Å². The second kappa shape index (κ2) is 15.9. The van der Waals surface area contributed by atoms with Crippen molar-refractivity contribution in [2.45, 2.75) is 51.4 Å². The van der Waals surface area contributed by atoms with Crippen molar-refractivity contribution >= 4 is 35.3 Å². The van der Waals surface area contributed by atoms with Crippen molar-refractivity contribution in [3.8, 4) is 0 Å². The molecule has 0 bridgehead atoms. The zero-order valence-electron chi connectivity index (χ0n) is 29.1. The first-order valence-electron chi connectivity index (χ1n) is 16.9. The van der Waals surface area contributed by atoms with Gasteiger partial charge in [0.2, 0.25) is 17.7 Å². The standard InChI is InChI=1S/C37H44F3N7O4/c1-41-21-26-8-4-5-9-27(26)22-47(34(50)36(24-37(38,39)40)13-16-46(17-14-36)35(51)45(2)3)23-32(48)43-30-12-11-25-18-29(19-28(25)20-30)33(49)44-31-10-6-7-15-42-31/h4-12,15,20,29,41H,13-14,16-19,21-24H2,1-3H3,(H,43,48)(H,42,44,49)/t29-/m1/s1. The van der Waals surface area contributed by atoms with Gasteiger partial charge in [-0.2, -0.15) is 13.2 Å². The third-order valence-electron chi connectivity index (χ3n) is 9.54. The molecule has 1 aromatic heterocycles. The number of nitrogens with one attached hydrogen (secondary N) is 3. The molecule has 5 amide bonds. The van der Waals surface area contributed by atoms with Gasteiger partial charge in [-0.1, -0.05) is 36.4 Å². The van der Waals surface area contributed by atoms with Gasteiger partial charge in [-0.25, -0.2) is 9.78 Å². The number of pyridine rings is 1. The van der Waals surface area contributed by atoms with Crippen molar-refractivity contribution in [2.75, 3.05) is 51.4 Å². The van der Waals surface area contributed by atoms with E-state index in [0.29, 0.717) is 36.5 Å². The predicted molar refractivity (Wildman–Crippen MR) is 186 cm³/mol. The molecule has 3 aromatic rings.